The predicted molar refractivity (Wildman–Crippen MR) is 58.2 cm³/mol. The van der Waals surface area contributed by atoms with Gasteiger partial charge in [0.05, 0.1) is 0 Å². The number of rotatable bonds is 6. The molecule has 0 aromatic rings. The highest BCUT2D eigenvalue weighted by atomic mass is 16.2. The fraction of sp³-hybridized carbons (Fsp3) is 0.909. The van der Waals surface area contributed by atoms with Gasteiger partial charge in [-0.1, -0.05) is 6.92 Å². The Morgan fingerprint density at radius 3 is 2.93 bits per heavy atom. The second kappa shape index (κ2) is 6.82. The van der Waals surface area contributed by atoms with Crippen LogP contribution in [0, 0.1) is 0 Å². The topological polar surface area (TPSA) is 32.3 Å². The molecule has 1 aliphatic rings. The summed E-state index contributed by atoms with van der Waals surface area (Å²) in [5.41, 5.74) is 0. The van der Waals surface area contributed by atoms with Crippen LogP contribution in [0.25, 0.3) is 0 Å². The van der Waals surface area contributed by atoms with Gasteiger partial charge in [-0.2, -0.15) is 0 Å². The van der Waals surface area contributed by atoms with Crippen molar-refractivity contribution >= 4 is 5.91 Å². The summed E-state index contributed by atoms with van der Waals surface area (Å²) in [6.07, 6.45) is 5.31. The van der Waals surface area contributed by atoms with E-state index in [0.29, 0.717) is 5.91 Å². The van der Waals surface area contributed by atoms with Gasteiger partial charge in [0.1, 0.15) is 0 Å². The molecule has 0 radical (unpaired) electrons. The van der Waals surface area contributed by atoms with E-state index in [1.165, 1.54) is 12.8 Å². The molecule has 1 rings (SSSR count). The quantitative estimate of drug-likeness (QED) is 0.654. The second-order valence-corrected chi connectivity index (χ2v) is 3.94. The second-order valence-electron chi connectivity index (χ2n) is 3.94. The summed E-state index contributed by atoms with van der Waals surface area (Å²) >= 11 is 0. The summed E-state index contributed by atoms with van der Waals surface area (Å²) < 4.78 is 0. The van der Waals surface area contributed by atoms with Gasteiger partial charge in [0.2, 0.25) is 5.91 Å². The smallest absolute Gasteiger partial charge is 0.222 e. The minimum Gasteiger partial charge on any atom is -0.343 e. The van der Waals surface area contributed by atoms with Gasteiger partial charge in [-0.05, 0) is 38.8 Å². The van der Waals surface area contributed by atoms with Crippen LogP contribution in [0.15, 0.2) is 0 Å². The van der Waals surface area contributed by atoms with E-state index < -0.39 is 0 Å². The molecule has 1 amide bonds. The predicted octanol–water partition coefficient (Wildman–Crippen LogP) is 1.39. The van der Waals surface area contributed by atoms with Crippen molar-refractivity contribution in [3.63, 3.8) is 0 Å². The van der Waals surface area contributed by atoms with Crippen LogP contribution >= 0.6 is 0 Å². The Hall–Kier alpha value is -0.570. The Balaban J connectivity index is 2.02. The maximum Gasteiger partial charge on any atom is 0.222 e. The zero-order valence-electron chi connectivity index (χ0n) is 9.22. The lowest BCUT2D eigenvalue weighted by Crippen LogP contribution is -2.37. The van der Waals surface area contributed by atoms with Gasteiger partial charge >= 0.3 is 0 Å². The van der Waals surface area contributed by atoms with Crippen LogP contribution in [0.1, 0.15) is 39.0 Å². The average Bonchev–Trinajstić information content (AvgIpc) is 2.20. The van der Waals surface area contributed by atoms with Crippen molar-refractivity contribution in [1.29, 1.82) is 0 Å². The number of piperidine rings is 1. The number of carbonyl (C=O) groups excluding carboxylic acids is 1. The molecule has 0 spiro atoms. The van der Waals surface area contributed by atoms with Crippen LogP contribution in [0.4, 0.5) is 0 Å². The molecule has 1 saturated heterocycles. The molecule has 3 nitrogen and oxygen atoms in total. The lowest BCUT2D eigenvalue weighted by atomic mass is 10.1. The van der Waals surface area contributed by atoms with E-state index in [2.05, 4.69) is 12.2 Å². The van der Waals surface area contributed by atoms with Gasteiger partial charge in [0, 0.05) is 19.5 Å². The van der Waals surface area contributed by atoms with E-state index in [9.17, 15) is 4.79 Å². The van der Waals surface area contributed by atoms with Crippen molar-refractivity contribution in [2.45, 2.75) is 39.0 Å². The molecule has 1 N–H and O–H groups in total. The standard InChI is InChI=1S/C11H22N2O/c1-2-7-12-8-5-10-13-9-4-3-6-11(13)14/h12H,2-10H2,1H3. The van der Waals surface area contributed by atoms with Gasteiger partial charge in [-0.3, -0.25) is 4.79 Å². The molecule has 1 fully saturated rings. The van der Waals surface area contributed by atoms with Crippen LogP contribution in [0.2, 0.25) is 0 Å². The summed E-state index contributed by atoms with van der Waals surface area (Å²) in [6, 6.07) is 0. The largest absolute Gasteiger partial charge is 0.343 e. The highest BCUT2D eigenvalue weighted by Crippen LogP contribution is 2.10. The molecule has 1 heterocycles. The number of amides is 1. The number of nitrogens with one attached hydrogen (secondary N) is 1. The van der Waals surface area contributed by atoms with Crippen LogP contribution in [0.3, 0.4) is 0 Å². The Labute approximate surface area is 86.9 Å². The highest BCUT2D eigenvalue weighted by molar-refractivity contribution is 5.76. The van der Waals surface area contributed by atoms with E-state index in [1.807, 2.05) is 4.90 Å². The third-order valence-corrected chi connectivity index (χ3v) is 2.63. The van der Waals surface area contributed by atoms with Gasteiger partial charge in [-0.25, -0.2) is 0 Å². The van der Waals surface area contributed by atoms with Gasteiger partial charge in [0.25, 0.3) is 0 Å². The van der Waals surface area contributed by atoms with Crippen molar-refractivity contribution in [3.05, 3.63) is 0 Å². The summed E-state index contributed by atoms with van der Waals surface area (Å²) in [6.45, 7) is 6.22. The number of hydrogen-bond acceptors (Lipinski definition) is 2. The summed E-state index contributed by atoms with van der Waals surface area (Å²) in [5, 5.41) is 3.35. The zero-order valence-corrected chi connectivity index (χ0v) is 9.22. The first-order valence-electron chi connectivity index (χ1n) is 5.83. The molecular formula is C11H22N2O. The number of hydrogen-bond donors (Lipinski definition) is 1. The third-order valence-electron chi connectivity index (χ3n) is 2.63. The van der Waals surface area contributed by atoms with Crippen molar-refractivity contribution in [2.75, 3.05) is 26.2 Å². The molecule has 0 bridgehead atoms. The van der Waals surface area contributed by atoms with Crippen LogP contribution in [0.5, 0.6) is 0 Å². The Morgan fingerprint density at radius 1 is 1.36 bits per heavy atom. The van der Waals surface area contributed by atoms with E-state index >= 15 is 0 Å². The SMILES string of the molecule is CCCNCCCN1CCCCC1=O. The Bertz CT molecular complexity index is 171. The molecule has 82 valence electrons. The zero-order chi connectivity index (χ0) is 10.2. The van der Waals surface area contributed by atoms with Crippen LogP contribution < -0.4 is 5.32 Å². The molecule has 0 unspecified atom stereocenters. The summed E-state index contributed by atoms with van der Waals surface area (Å²) in [5.74, 6) is 0.353. The molecular weight excluding hydrogens is 176 g/mol. The fourth-order valence-electron chi connectivity index (χ4n) is 1.79. The molecule has 0 aromatic heterocycles. The van der Waals surface area contributed by atoms with Gasteiger partial charge in [0.15, 0.2) is 0 Å². The first-order chi connectivity index (χ1) is 6.84. The molecule has 0 aromatic carbocycles. The van der Waals surface area contributed by atoms with E-state index in [-0.39, 0.29) is 0 Å². The van der Waals surface area contributed by atoms with E-state index in [0.717, 1.165) is 45.4 Å². The summed E-state index contributed by atoms with van der Waals surface area (Å²) in [7, 11) is 0. The minimum absolute atomic E-state index is 0.353. The molecule has 14 heavy (non-hydrogen) atoms. The minimum atomic E-state index is 0.353. The molecule has 0 aliphatic carbocycles. The van der Waals surface area contributed by atoms with Crippen LogP contribution in [-0.2, 0) is 4.79 Å². The van der Waals surface area contributed by atoms with Crippen molar-refractivity contribution in [2.24, 2.45) is 0 Å². The maximum atomic E-state index is 11.4. The van der Waals surface area contributed by atoms with Crippen molar-refractivity contribution in [3.8, 4) is 0 Å². The number of carbonyl (C=O) groups is 1. The Kier molecular flexibility index (Phi) is 5.60. The van der Waals surface area contributed by atoms with E-state index in [1.54, 1.807) is 0 Å². The maximum absolute atomic E-state index is 11.4. The number of nitrogens with zero attached hydrogens (tertiary/aromatic N) is 1. The lowest BCUT2D eigenvalue weighted by molar-refractivity contribution is -0.133. The summed E-state index contributed by atoms with van der Waals surface area (Å²) in [4.78, 5) is 13.4. The van der Waals surface area contributed by atoms with Crippen molar-refractivity contribution < 1.29 is 4.79 Å². The van der Waals surface area contributed by atoms with Crippen LogP contribution in [-0.4, -0.2) is 37.0 Å². The molecule has 0 saturated carbocycles. The molecule has 0 atom stereocenters. The Morgan fingerprint density at radius 2 is 2.21 bits per heavy atom. The lowest BCUT2D eigenvalue weighted by Gasteiger charge is -2.26. The molecule has 3 heteroatoms. The number of likely N-dealkylation sites (tertiary alicyclic amines) is 1. The van der Waals surface area contributed by atoms with Gasteiger partial charge in [-0.15, -0.1) is 0 Å². The first-order valence-corrected chi connectivity index (χ1v) is 5.83. The third kappa shape index (κ3) is 4.09. The first kappa shape index (κ1) is 11.5. The normalized spacial score (nSPS) is 17.5. The molecule has 1 aliphatic heterocycles. The highest BCUT2D eigenvalue weighted by Gasteiger charge is 2.16. The van der Waals surface area contributed by atoms with Crippen molar-refractivity contribution in [1.82, 2.24) is 10.2 Å². The monoisotopic (exact) mass is 198 g/mol. The van der Waals surface area contributed by atoms with E-state index in [4.69, 9.17) is 0 Å². The van der Waals surface area contributed by atoms with Gasteiger partial charge < -0.3 is 10.2 Å². The fourth-order valence-corrected chi connectivity index (χ4v) is 1.79. The average molecular weight is 198 g/mol.